The highest BCUT2D eigenvalue weighted by Crippen LogP contribution is 2.36. The molecule has 0 aliphatic carbocycles. The van der Waals surface area contributed by atoms with Crippen LogP contribution in [0, 0.1) is 20.8 Å². The number of hydrogen-bond acceptors (Lipinski definition) is 5. The summed E-state index contributed by atoms with van der Waals surface area (Å²) in [6, 6.07) is 17.1. The molecule has 0 radical (unpaired) electrons. The van der Waals surface area contributed by atoms with E-state index in [1.54, 1.807) is 13.2 Å². The third kappa shape index (κ3) is 4.69. The fraction of sp³-hybridized carbons (Fsp3) is 0.240. The molecule has 0 aliphatic heterocycles. The number of carbonyl (C=O) groups excluding carboxylic acids is 1. The maximum Gasteiger partial charge on any atom is 0.352 e. The largest absolute Gasteiger partial charge is 0.496 e. The van der Waals surface area contributed by atoms with Gasteiger partial charge in [0, 0.05) is 18.2 Å². The highest BCUT2D eigenvalue weighted by atomic mass is 16.5. The lowest BCUT2D eigenvalue weighted by atomic mass is 9.97. The Morgan fingerprint density at radius 2 is 1.59 bits per heavy atom. The van der Waals surface area contributed by atoms with Crippen LogP contribution in [-0.4, -0.2) is 25.2 Å². The summed E-state index contributed by atoms with van der Waals surface area (Å²) < 4.78 is 11.7. The summed E-state index contributed by atoms with van der Waals surface area (Å²) in [7, 11) is 3.12. The van der Waals surface area contributed by atoms with Crippen molar-refractivity contribution in [3.05, 3.63) is 76.9 Å². The van der Waals surface area contributed by atoms with Crippen LogP contribution in [0.5, 0.6) is 11.5 Å². The highest BCUT2D eigenvalue weighted by molar-refractivity contribution is 5.91. The van der Waals surface area contributed by atoms with Crippen LogP contribution in [-0.2, 0) is 6.61 Å². The predicted octanol–water partition coefficient (Wildman–Crippen LogP) is 4.47. The molecule has 0 saturated heterocycles. The molecular weight excluding hydrogens is 404 g/mol. The van der Waals surface area contributed by atoms with Gasteiger partial charge in [0.25, 0.3) is 0 Å². The van der Waals surface area contributed by atoms with Crippen LogP contribution < -0.4 is 26.2 Å². The summed E-state index contributed by atoms with van der Waals surface area (Å²) in [5, 5.41) is 1.98. The Morgan fingerprint density at radius 1 is 0.875 bits per heavy atom. The van der Waals surface area contributed by atoms with Gasteiger partial charge in [-0.2, -0.15) is 0 Å². The average Bonchev–Trinajstić information content (AvgIpc) is 2.78. The van der Waals surface area contributed by atoms with Crippen LogP contribution in [0.3, 0.4) is 0 Å². The number of aryl methyl sites for hydroxylation is 3. The molecule has 0 bridgehead atoms. The number of carbonyl (C=O) groups is 1. The Morgan fingerprint density at radius 3 is 2.28 bits per heavy atom. The number of ether oxygens (including phenoxy) is 2. The fourth-order valence-electron chi connectivity index (χ4n) is 3.63. The van der Waals surface area contributed by atoms with Crippen LogP contribution in [0.15, 0.2) is 54.6 Å². The number of methoxy groups -OCH3 is 1. The summed E-state index contributed by atoms with van der Waals surface area (Å²) in [6.45, 7) is 6.26. The monoisotopic (exact) mass is 434 g/mol. The molecule has 0 atom stereocenters. The van der Waals surface area contributed by atoms with Gasteiger partial charge in [-0.25, -0.2) is 21.5 Å². The van der Waals surface area contributed by atoms with Crippen LogP contribution in [0.4, 0.5) is 10.5 Å². The van der Waals surface area contributed by atoms with E-state index < -0.39 is 6.03 Å². The summed E-state index contributed by atoms with van der Waals surface area (Å²) in [5.41, 5.74) is 6.52. The molecule has 7 heteroatoms. The van der Waals surface area contributed by atoms with E-state index in [0.29, 0.717) is 5.69 Å². The zero-order valence-electron chi connectivity index (χ0n) is 19.2. The van der Waals surface area contributed by atoms with E-state index in [1.807, 2.05) is 63.2 Å². The van der Waals surface area contributed by atoms with E-state index in [1.165, 1.54) is 7.05 Å². The SMILES string of the molecule is COc1ccccc1-c1cc(C)c(OCc2c(C)cccc2N(N)C(=O)N(C)N)cc1C. The molecule has 3 aromatic carbocycles. The maximum absolute atomic E-state index is 12.3. The Labute approximate surface area is 189 Å². The van der Waals surface area contributed by atoms with Gasteiger partial charge >= 0.3 is 6.03 Å². The Kier molecular flexibility index (Phi) is 7.02. The topological polar surface area (TPSA) is 94.0 Å². The first kappa shape index (κ1) is 23.1. The van der Waals surface area contributed by atoms with Crippen molar-refractivity contribution in [2.75, 3.05) is 19.2 Å². The van der Waals surface area contributed by atoms with E-state index in [9.17, 15) is 4.79 Å². The highest BCUT2D eigenvalue weighted by Gasteiger charge is 2.19. The van der Waals surface area contributed by atoms with Gasteiger partial charge in [0.1, 0.15) is 18.1 Å². The molecule has 3 aromatic rings. The van der Waals surface area contributed by atoms with Crippen molar-refractivity contribution in [3.8, 4) is 22.6 Å². The molecule has 4 N–H and O–H groups in total. The van der Waals surface area contributed by atoms with Gasteiger partial charge in [-0.05, 0) is 67.3 Å². The number of hydrogen-bond donors (Lipinski definition) is 2. The van der Waals surface area contributed by atoms with Crippen LogP contribution in [0.2, 0.25) is 0 Å². The molecule has 168 valence electrons. The smallest absolute Gasteiger partial charge is 0.352 e. The molecular formula is C25H30N4O3. The first-order valence-corrected chi connectivity index (χ1v) is 10.3. The standard InChI is InChI=1S/C25H30N4O3/c1-16-9-8-11-22(29(27)25(30)28(4)26)21(16)15-32-24-14-17(2)20(13-18(24)3)19-10-6-7-12-23(19)31-5/h6-14H,15,26-27H2,1-5H3. The van der Waals surface area contributed by atoms with Crippen molar-refractivity contribution in [2.45, 2.75) is 27.4 Å². The van der Waals surface area contributed by atoms with E-state index in [-0.39, 0.29) is 6.61 Å². The van der Waals surface area contributed by atoms with E-state index >= 15 is 0 Å². The number of nitrogens with two attached hydrogens (primary N) is 2. The Balaban J connectivity index is 1.90. The number of benzene rings is 3. The van der Waals surface area contributed by atoms with Gasteiger partial charge in [0.15, 0.2) is 0 Å². The van der Waals surface area contributed by atoms with Gasteiger partial charge in [-0.15, -0.1) is 0 Å². The molecule has 0 spiro atoms. The number of urea groups is 1. The number of amides is 2. The second-order valence-electron chi connectivity index (χ2n) is 7.76. The summed E-state index contributed by atoms with van der Waals surface area (Å²) >= 11 is 0. The molecule has 0 fully saturated rings. The van der Waals surface area contributed by atoms with E-state index in [4.69, 9.17) is 21.2 Å². The lowest BCUT2D eigenvalue weighted by Gasteiger charge is -2.24. The van der Waals surface area contributed by atoms with E-state index in [2.05, 4.69) is 6.07 Å². The quantitative estimate of drug-likeness (QED) is 0.339. The van der Waals surface area contributed by atoms with Crippen molar-refractivity contribution in [1.82, 2.24) is 5.01 Å². The third-order valence-corrected chi connectivity index (χ3v) is 5.44. The maximum atomic E-state index is 12.3. The molecule has 7 nitrogen and oxygen atoms in total. The zero-order valence-corrected chi connectivity index (χ0v) is 19.2. The molecule has 32 heavy (non-hydrogen) atoms. The predicted molar refractivity (Wildman–Crippen MR) is 127 cm³/mol. The first-order valence-electron chi connectivity index (χ1n) is 10.3. The minimum absolute atomic E-state index is 0.256. The van der Waals surface area contributed by atoms with Crippen LogP contribution in [0.1, 0.15) is 22.3 Å². The molecule has 0 aromatic heterocycles. The second kappa shape index (κ2) is 9.72. The van der Waals surface area contributed by atoms with Gasteiger partial charge < -0.3 is 9.47 Å². The number of anilines is 1. The van der Waals surface area contributed by atoms with Gasteiger partial charge in [0.2, 0.25) is 0 Å². The number of nitrogens with zero attached hydrogens (tertiary/aromatic N) is 2. The van der Waals surface area contributed by atoms with Crippen molar-refractivity contribution in [1.29, 1.82) is 0 Å². The van der Waals surface area contributed by atoms with Crippen LogP contribution >= 0.6 is 0 Å². The molecule has 0 unspecified atom stereocenters. The number of para-hydroxylation sites is 1. The normalized spacial score (nSPS) is 10.6. The minimum atomic E-state index is -0.523. The summed E-state index contributed by atoms with van der Waals surface area (Å²) in [4.78, 5) is 12.3. The minimum Gasteiger partial charge on any atom is -0.496 e. The van der Waals surface area contributed by atoms with Gasteiger partial charge in [-0.1, -0.05) is 30.3 Å². The van der Waals surface area contributed by atoms with Gasteiger partial charge in [0.05, 0.1) is 12.8 Å². The van der Waals surface area contributed by atoms with Crippen LogP contribution in [0.25, 0.3) is 11.1 Å². The van der Waals surface area contributed by atoms with Crippen molar-refractivity contribution < 1.29 is 14.3 Å². The Hall–Kier alpha value is -3.55. The average molecular weight is 435 g/mol. The molecule has 0 heterocycles. The van der Waals surface area contributed by atoms with Crippen molar-refractivity contribution >= 4 is 11.7 Å². The van der Waals surface area contributed by atoms with Gasteiger partial charge in [-0.3, -0.25) is 5.01 Å². The molecule has 0 saturated carbocycles. The zero-order chi connectivity index (χ0) is 23.4. The number of hydrazine groups is 2. The lowest BCUT2D eigenvalue weighted by Crippen LogP contribution is -2.49. The molecule has 0 aliphatic rings. The second-order valence-corrected chi connectivity index (χ2v) is 7.76. The first-order chi connectivity index (χ1) is 15.2. The summed E-state index contributed by atoms with van der Waals surface area (Å²) in [6.07, 6.45) is 0. The summed E-state index contributed by atoms with van der Waals surface area (Å²) in [5.74, 6) is 13.2. The third-order valence-electron chi connectivity index (χ3n) is 5.44. The molecule has 2 amide bonds. The fourth-order valence-corrected chi connectivity index (χ4v) is 3.63. The lowest BCUT2D eigenvalue weighted by molar-refractivity contribution is 0.216. The molecule has 3 rings (SSSR count). The van der Waals surface area contributed by atoms with Crippen molar-refractivity contribution in [2.24, 2.45) is 11.7 Å². The number of rotatable bonds is 6. The van der Waals surface area contributed by atoms with Crippen molar-refractivity contribution in [3.63, 3.8) is 0 Å². The van der Waals surface area contributed by atoms with E-state index in [0.717, 1.165) is 54.9 Å². The Bertz CT molecular complexity index is 1130.